The molecule has 1 heterocycles. The molecule has 0 N–H and O–H groups in total. The molecule has 1 aromatic heterocycles. The van der Waals surface area contributed by atoms with Crippen LogP contribution in [0.5, 0.6) is 28.7 Å². The van der Waals surface area contributed by atoms with Crippen molar-refractivity contribution in [2.45, 2.75) is 18.5 Å². The Bertz CT molecular complexity index is 2310. The van der Waals surface area contributed by atoms with E-state index in [0.717, 1.165) is 95.3 Å². The first kappa shape index (κ1) is 39.3. The predicted molar refractivity (Wildman–Crippen MR) is 178 cm³/mol. The Labute approximate surface area is 305 Å². The normalized spacial score (nSPS) is 12.9. The summed E-state index contributed by atoms with van der Waals surface area (Å²) >= 11 is 0. The van der Waals surface area contributed by atoms with E-state index in [1.54, 1.807) is 0 Å². The molecule has 288 valence electrons. The van der Waals surface area contributed by atoms with Crippen molar-refractivity contribution in [3.05, 3.63) is 150 Å². The van der Waals surface area contributed by atoms with Crippen LogP contribution in [-0.2, 0) is 18.5 Å². The van der Waals surface area contributed by atoms with Gasteiger partial charge in [0, 0.05) is 4.51 Å². The van der Waals surface area contributed by atoms with Gasteiger partial charge in [0.1, 0.15) is 11.6 Å². The topological polar surface area (TPSA) is 68.9 Å². The van der Waals surface area contributed by atoms with Crippen LogP contribution in [0.3, 0.4) is 0 Å². The van der Waals surface area contributed by atoms with Gasteiger partial charge in [-0.2, -0.15) is 39.5 Å². The highest BCUT2D eigenvalue weighted by atomic mass is 31.2. The summed E-state index contributed by atoms with van der Waals surface area (Å²) in [6.07, 6.45) is -14.6. The number of rotatable bonds is 10. The fourth-order valence-electron chi connectivity index (χ4n) is 4.30. The summed E-state index contributed by atoms with van der Waals surface area (Å²) in [5.74, 6) is -3.10. The summed E-state index contributed by atoms with van der Waals surface area (Å²) < 4.78 is 175. The largest absolute Gasteiger partial charge is 0.442 e. The molecule has 3 atom stereocenters. The third-order valence-electron chi connectivity index (χ3n) is 6.79. The van der Waals surface area contributed by atoms with E-state index in [-0.39, 0.29) is 11.5 Å². The molecule has 8 nitrogen and oxygen atoms in total. The number of aromatic nitrogens is 3. The Hall–Kier alpha value is -5.37. The number of alkyl halides is 9. The molecule has 3 unspecified atom stereocenters. The highest BCUT2D eigenvalue weighted by Crippen LogP contribution is 2.48. The van der Waals surface area contributed by atoms with Crippen molar-refractivity contribution < 1.29 is 71.5 Å². The quantitative estimate of drug-likeness (QED) is 0.128. The average molecular weight is 840 g/mol. The van der Waals surface area contributed by atoms with Crippen molar-refractivity contribution in [2.75, 3.05) is 0 Å². The van der Waals surface area contributed by atoms with E-state index >= 15 is 0 Å². The van der Waals surface area contributed by atoms with Crippen LogP contribution in [0, 0.1) is 11.6 Å². The zero-order chi connectivity index (χ0) is 39.5. The molecule has 0 saturated carbocycles. The molecule has 0 aliphatic carbocycles. The van der Waals surface area contributed by atoms with E-state index in [2.05, 4.69) is 4.51 Å². The first-order chi connectivity index (χ1) is 25.9. The summed E-state index contributed by atoms with van der Waals surface area (Å²) in [4.78, 5) is 11.9. The van der Waals surface area contributed by atoms with Gasteiger partial charge >= 0.3 is 42.8 Å². The lowest BCUT2D eigenvalue weighted by Crippen LogP contribution is -2.17. The Morgan fingerprint density at radius 1 is 0.491 bits per heavy atom. The van der Waals surface area contributed by atoms with E-state index < -0.39 is 88.3 Å². The van der Waals surface area contributed by atoms with Crippen LogP contribution in [0.1, 0.15) is 16.7 Å². The molecule has 0 spiro atoms. The molecule has 0 fully saturated rings. The second kappa shape index (κ2) is 15.8. The van der Waals surface area contributed by atoms with E-state index in [9.17, 15) is 48.3 Å². The van der Waals surface area contributed by atoms with Crippen LogP contribution in [0.4, 0.5) is 48.3 Å². The maximum atomic E-state index is 13.9. The lowest BCUT2D eigenvalue weighted by Gasteiger charge is -2.17. The number of nitrogens with zero attached hydrogens (tertiary/aromatic N) is 3. The molecular formula is C33H20F11N3O5P3+. The van der Waals surface area contributed by atoms with Crippen LogP contribution in [-0.4, -0.2) is 13.0 Å². The van der Waals surface area contributed by atoms with E-state index in [1.165, 1.54) is 12.1 Å². The van der Waals surface area contributed by atoms with Gasteiger partial charge < -0.3 is 23.2 Å². The second-order valence-corrected chi connectivity index (χ2v) is 15.7. The van der Waals surface area contributed by atoms with Crippen LogP contribution >= 0.6 is 24.2 Å². The fraction of sp³-hybridized carbons (Fsp3) is 0.0909. The summed E-state index contributed by atoms with van der Waals surface area (Å²) in [6.45, 7) is 0. The van der Waals surface area contributed by atoms with Gasteiger partial charge in [0.15, 0.2) is 28.7 Å². The first-order valence-corrected chi connectivity index (χ1v) is 18.6. The maximum Gasteiger partial charge on any atom is 0.442 e. The van der Waals surface area contributed by atoms with Crippen molar-refractivity contribution in [2.24, 2.45) is 0 Å². The first-order valence-electron chi connectivity index (χ1n) is 15.1. The highest BCUT2D eigenvalue weighted by molar-refractivity contribution is 7.59. The van der Waals surface area contributed by atoms with Crippen molar-refractivity contribution in [3.8, 4) is 28.7 Å². The van der Waals surface area contributed by atoms with Crippen molar-refractivity contribution in [1.29, 1.82) is 0 Å². The molecular weight excluding hydrogens is 820 g/mol. The van der Waals surface area contributed by atoms with Crippen LogP contribution in [0.2, 0.25) is 0 Å². The van der Waals surface area contributed by atoms with E-state index in [4.69, 9.17) is 23.2 Å². The van der Waals surface area contributed by atoms with Gasteiger partial charge in [-0.15, -0.1) is 0 Å². The minimum absolute atomic E-state index is 0.0701. The number of hydrogen-bond acceptors (Lipinski definition) is 6. The minimum atomic E-state index is -4.88. The van der Waals surface area contributed by atoms with Crippen molar-refractivity contribution >= 4 is 24.2 Å². The Kier molecular flexibility index (Phi) is 11.3. The van der Waals surface area contributed by atoms with Crippen molar-refractivity contribution in [1.82, 2.24) is 13.0 Å². The minimum Gasteiger partial charge on any atom is -0.357 e. The zero-order valence-corrected chi connectivity index (χ0v) is 29.6. The summed E-state index contributed by atoms with van der Waals surface area (Å²) in [5, 5.41) is 0. The predicted octanol–water partition coefficient (Wildman–Crippen LogP) is 12.6. The lowest BCUT2D eigenvalue weighted by atomic mass is 10.2. The van der Waals surface area contributed by atoms with Gasteiger partial charge in [-0.05, 0) is 103 Å². The molecule has 0 aliphatic heterocycles. The molecule has 6 aromatic rings. The van der Waals surface area contributed by atoms with Gasteiger partial charge in [0.05, 0.1) is 25.2 Å². The van der Waals surface area contributed by atoms with Gasteiger partial charge in [0.25, 0.3) is 0 Å². The Morgan fingerprint density at radius 2 is 0.927 bits per heavy atom. The maximum absolute atomic E-state index is 13.9. The van der Waals surface area contributed by atoms with Gasteiger partial charge in [-0.3, -0.25) is 0 Å². The monoisotopic (exact) mass is 840 g/mol. The van der Waals surface area contributed by atoms with Gasteiger partial charge in [0.2, 0.25) is 0 Å². The third-order valence-corrected chi connectivity index (χ3v) is 12.5. The fourth-order valence-corrected chi connectivity index (χ4v) is 10.4. The van der Waals surface area contributed by atoms with Crippen molar-refractivity contribution in [3.63, 3.8) is 0 Å². The molecule has 5 aromatic carbocycles. The summed E-state index contributed by atoms with van der Waals surface area (Å²) in [6, 6.07) is 18.8. The SMILES string of the molecule is Fc1ccc(On2p(Oc3cccc(C(F)(F)F)c3)n(Oc3cccc(C(F)(F)F)c3)p(Oc3cccc(C(F)(F)F)c3)n[p+]2Oc2ccc(F)cc2)cc1. The van der Waals surface area contributed by atoms with E-state index in [1.807, 2.05) is 0 Å². The van der Waals surface area contributed by atoms with Gasteiger partial charge in [-0.1, -0.05) is 18.2 Å². The molecule has 0 aliphatic rings. The Balaban J connectivity index is 1.64. The van der Waals surface area contributed by atoms with Crippen LogP contribution in [0.15, 0.2) is 121 Å². The number of hydrogen-bond donors (Lipinski definition) is 0. The molecule has 0 saturated heterocycles. The molecule has 0 radical (unpaired) electrons. The summed E-state index contributed by atoms with van der Waals surface area (Å²) in [5.41, 5.74) is -3.52. The molecule has 0 amide bonds. The number of benzene rings is 5. The van der Waals surface area contributed by atoms with Gasteiger partial charge in [-0.25, -0.2) is 8.78 Å². The smallest absolute Gasteiger partial charge is 0.357 e. The highest BCUT2D eigenvalue weighted by Gasteiger charge is 2.38. The zero-order valence-electron chi connectivity index (χ0n) is 26.9. The molecule has 6 rings (SSSR count). The molecule has 55 heavy (non-hydrogen) atoms. The van der Waals surface area contributed by atoms with Crippen LogP contribution < -0.4 is 23.2 Å². The average Bonchev–Trinajstić information content (AvgIpc) is 3.12. The Morgan fingerprint density at radius 3 is 1.42 bits per heavy atom. The standard InChI is InChI=1S/C33H20F11N3O5P3/c34-24-10-14-26(15-11-24)48-46-53(50-27-16-12-25(35)13-17-27)45-54(51-29-8-2-5-22(19-29)32(39,40)41)47(49-28-7-1-4-21(18-28)31(36,37)38)55(46)52-30-9-3-6-23(20-30)33(42,43)44/h1-20H/q+1. The number of halogens is 11. The second-order valence-electron chi connectivity index (χ2n) is 10.8. The molecule has 22 heteroatoms. The van der Waals surface area contributed by atoms with E-state index in [0.29, 0.717) is 22.5 Å². The molecule has 0 bridgehead atoms. The summed E-state index contributed by atoms with van der Waals surface area (Å²) in [7, 11) is -8.67. The lowest BCUT2D eigenvalue weighted by molar-refractivity contribution is -0.138. The third kappa shape index (κ3) is 10.0. The van der Waals surface area contributed by atoms with Crippen LogP contribution in [0.25, 0.3) is 0 Å².